The van der Waals surface area contributed by atoms with Crippen LogP contribution < -0.4 is 21.3 Å². The van der Waals surface area contributed by atoms with Gasteiger partial charge < -0.3 is 21.3 Å². The van der Waals surface area contributed by atoms with Crippen LogP contribution in [0.15, 0.2) is 0 Å². The fourth-order valence-electron chi connectivity index (χ4n) is 2.80. The maximum Gasteiger partial charge on any atom is 0.314 e. The Bertz CT molecular complexity index is 640. The molecular formula is C16H25N4O3S+. The average Bonchev–Trinajstić information content (AvgIpc) is 2.88. The zero-order valence-corrected chi connectivity index (χ0v) is 15.0. The molecular weight excluding hydrogens is 328 g/mol. The maximum absolute atomic E-state index is 12.1. The van der Waals surface area contributed by atoms with Gasteiger partial charge in [-0.2, -0.15) is 0 Å². The summed E-state index contributed by atoms with van der Waals surface area (Å²) >= 11 is 1.35. The predicted molar refractivity (Wildman–Crippen MR) is 93.4 cm³/mol. The first-order valence-corrected chi connectivity index (χ1v) is 9.04. The smallest absolute Gasteiger partial charge is 0.314 e. The molecule has 3 amide bonds. The van der Waals surface area contributed by atoms with Gasteiger partial charge in [-0.3, -0.25) is 14.4 Å². The van der Waals surface area contributed by atoms with Gasteiger partial charge >= 0.3 is 11.8 Å². The van der Waals surface area contributed by atoms with E-state index in [1.165, 1.54) is 16.2 Å². The highest BCUT2D eigenvalue weighted by Gasteiger charge is 2.26. The molecule has 1 heterocycles. The lowest BCUT2D eigenvalue weighted by Crippen LogP contribution is -3.05. The first-order valence-electron chi connectivity index (χ1n) is 8.22. The van der Waals surface area contributed by atoms with Crippen LogP contribution in [0.2, 0.25) is 0 Å². The fraction of sp³-hybridized carbons (Fsp3) is 0.562. The number of thiophene rings is 1. The van der Waals surface area contributed by atoms with Crippen LogP contribution in [0.5, 0.6) is 0 Å². The van der Waals surface area contributed by atoms with Crippen LogP contribution in [-0.4, -0.2) is 44.9 Å². The van der Waals surface area contributed by atoms with Gasteiger partial charge in [0.1, 0.15) is 5.00 Å². The molecule has 1 aromatic rings. The number of nitrogens with one attached hydrogen (secondary N) is 3. The molecule has 1 aliphatic rings. The van der Waals surface area contributed by atoms with Crippen LogP contribution >= 0.6 is 11.3 Å². The normalized spacial score (nSPS) is 13.5. The van der Waals surface area contributed by atoms with Gasteiger partial charge in [-0.1, -0.05) is 0 Å². The second kappa shape index (κ2) is 8.25. The number of amides is 3. The molecule has 0 saturated carbocycles. The molecule has 0 unspecified atom stereocenters. The molecule has 0 aromatic carbocycles. The van der Waals surface area contributed by atoms with Crippen molar-refractivity contribution in [2.24, 2.45) is 5.73 Å². The number of anilines is 1. The highest BCUT2D eigenvalue weighted by Crippen LogP contribution is 2.37. The molecule has 1 aliphatic carbocycles. The summed E-state index contributed by atoms with van der Waals surface area (Å²) in [5.41, 5.74) is 6.78. The number of carbonyl (C=O) groups is 3. The van der Waals surface area contributed by atoms with Gasteiger partial charge in [-0.15, -0.1) is 11.3 Å². The van der Waals surface area contributed by atoms with Gasteiger partial charge in [0, 0.05) is 17.8 Å². The Hall–Kier alpha value is -1.93. The molecule has 0 fully saturated rings. The average molecular weight is 353 g/mol. The van der Waals surface area contributed by atoms with E-state index >= 15 is 0 Å². The largest absolute Gasteiger partial charge is 0.365 e. The van der Waals surface area contributed by atoms with Crippen molar-refractivity contribution in [3.63, 3.8) is 0 Å². The SMILES string of the molecule is C[NH+](C)CCCNC(=O)C(=O)Nc1sc2c(c1C(N)=O)CCCC2. The van der Waals surface area contributed by atoms with Crippen molar-refractivity contribution in [3.05, 3.63) is 16.0 Å². The fourth-order valence-corrected chi connectivity index (χ4v) is 4.09. The Balaban J connectivity index is 1.99. The van der Waals surface area contributed by atoms with Crippen molar-refractivity contribution >= 4 is 34.1 Å². The summed E-state index contributed by atoms with van der Waals surface area (Å²) < 4.78 is 0. The summed E-state index contributed by atoms with van der Waals surface area (Å²) in [5, 5.41) is 5.55. The molecule has 8 heteroatoms. The topological polar surface area (TPSA) is 106 Å². The summed E-state index contributed by atoms with van der Waals surface area (Å²) in [5.74, 6) is -2.00. The third-order valence-electron chi connectivity index (χ3n) is 3.99. The molecule has 0 atom stereocenters. The minimum atomic E-state index is -0.756. The van der Waals surface area contributed by atoms with Crippen LogP contribution in [0, 0.1) is 0 Å². The van der Waals surface area contributed by atoms with Crippen molar-refractivity contribution in [2.45, 2.75) is 32.1 Å². The number of primary amides is 1. The Morgan fingerprint density at radius 3 is 2.54 bits per heavy atom. The Kier molecular flexibility index (Phi) is 6.33. The van der Waals surface area contributed by atoms with Gasteiger partial charge in [0.25, 0.3) is 5.91 Å². The third kappa shape index (κ3) is 4.55. The zero-order chi connectivity index (χ0) is 17.7. The van der Waals surface area contributed by atoms with Crippen molar-refractivity contribution < 1.29 is 19.3 Å². The van der Waals surface area contributed by atoms with Gasteiger partial charge in [-0.05, 0) is 31.2 Å². The minimum absolute atomic E-state index is 0.368. The lowest BCUT2D eigenvalue weighted by Gasteiger charge is -2.11. The molecule has 0 spiro atoms. The van der Waals surface area contributed by atoms with Gasteiger partial charge in [0.2, 0.25) is 0 Å². The summed E-state index contributed by atoms with van der Waals surface area (Å²) in [6.45, 7) is 1.35. The lowest BCUT2D eigenvalue weighted by molar-refractivity contribution is -0.858. The number of nitrogens with two attached hydrogens (primary N) is 1. The molecule has 0 aliphatic heterocycles. The first-order chi connectivity index (χ1) is 11.4. The Morgan fingerprint density at radius 2 is 1.88 bits per heavy atom. The van der Waals surface area contributed by atoms with Crippen molar-refractivity contribution in [2.75, 3.05) is 32.5 Å². The van der Waals surface area contributed by atoms with Crippen LogP contribution in [0.25, 0.3) is 0 Å². The monoisotopic (exact) mass is 353 g/mol. The zero-order valence-electron chi connectivity index (χ0n) is 14.2. The minimum Gasteiger partial charge on any atom is -0.365 e. The molecule has 2 rings (SSSR count). The van der Waals surface area contributed by atoms with Crippen LogP contribution in [0.3, 0.4) is 0 Å². The molecule has 1 aromatic heterocycles. The van der Waals surface area contributed by atoms with E-state index in [4.69, 9.17) is 5.73 Å². The third-order valence-corrected chi connectivity index (χ3v) is 5.20. The van der Waals surface area contributed by atoms with Gasteiger partial charge in [0.15, 0.2) is 0 Å². The number of quaternary nitrogens is 1. The summed E-state index contributed by atoms with van der Waals surface area (Å²) in [4.78, 5) is 38.0. The highest BCUT2D eigenvalue weighted by molar-refractivity contribution is 7.17. The molecule has 5 N–H and O–H groups in total. The number of hydrogen-bond donors (Lipinski definition) is 4. The number of fused-ring (bicyclic) bond motifs is 1. The predicted octanol–water partition coefficient (Wildman–Crippen LogP) is -0.685. The Morgan fingerprint density at radius 1 is 1.17 bits per heavy atom. The molecule has 0 bridgehead atoms. The van der Waals surface area contributed by atoms with E-state index in [0.717, 1.165) is 49.1 Å². The standard InChI is InChI=1S/C16H24N4O3S/c1-20(2)9-5-8-18-14(22)15(23)19-16-12(13(17)21)10-6-3-4-7-11(10)24-16/h3-9H2,1-2H3,(H2,17,21)(H,18,22)(H,19,23)/p+1. The van der Waals surface area contributed by atoms with E-state index in [1.807, 2.05) is 14.1 Å². The molecule has 24 heavy (non-hydrogen) atoms. The van der Waals surface area contributed by atoms with E-state index in [1.54, 1.807) is 0 Å². The first kappa shape index (κ1) is 18.4. The van der Waals surface area contributed by atoms with E-state index in [0.29, 0.717) is 17.1 Å². The number of aryl methyl sites for hydroxylation is 1. The van der Waals surface area contributed by atoms with Crippen LogP contribution in [0.1, 0.15) is 40.1 Å². The van der Waals surface area contributed by atoms with E-state index < -0.39 is 17.7 Å². The summed E-state index contributed by atoms with van der Waals surface area (Å²) in [7, 11) is 4.05. The van der Waals surface area contributed by atoms with Gasteiger partial charge in [-0.25, -0.2) is 0 Å². The number of hydrogen-bond acceptors (Lipinski definition) is 4. The molecule has 0 saturated heterocycles. The van der Waals surface area contributed by atoms with E-state index in [-0.39, 0.29) is 0 Å². The quantitative estimate of drug-likeness (QED) is 0.402. The van der Waals surface area contributed by atoms with Crippen LogP contribution in [0.4, 0.5) is 5.00 Å². The lowest BCUT2D eigenvalue weighted by atomic mass is 9.95. The Labute approximate surface area is 145 Å². The summed E-state index contributed by atoms with van der Waals surface area (Å²) in [6.07, 6.45) is 4.54. The summed E-state index contributed by atoms with van der Waals surface area (Å²) in [6, 6.07) is 0. The second-order valence-corrected chi connectivity index (χ2v) is 7.41. The van der Waals surface area contributed by atoms with E-state index in [9.17, 15) is 14.4 Å². The maximum atomic E-state index is 12.1. The van der Waals surface area contributed by atoms with Crippen molar-refractivity contribution in [1.29, 1.82) is 0 Å². The molecule has 0 radical (unpaired) electrons. The van der Waals surface area contributed by atoms with Gasteiger partial charge in [0.05, 0.1) is 26.2 Å². The highest BCUT2D eigenvalue weighted by atomic mass is 32.1. The van der Waals surface area contributed by atoms with E-state index in [2.05, 4.69) is 10.6 Å². The number of rotatable bonds is 6. The van der Waals surface area contributed by atoms with Crippen molar-refractivity contribution in [1.82, 2.24) is 5.32 Å². The number of carbonyl (C=O) groups excluding carboxylic acids is 3. The van der Waals surface area contributed by atoms with Crippen LogP contribution in [-0.2, 0) is 22.4 Å². The molecule has 132 valence electrons. The molecule has 7 nitrogen and oxygen atoms in total. The van der Waals surface area contributed by atoms with Crippen molar-refractivity contribution in [3.8, 4) is 0 Å². The second-order valence-electron chi connectivity index (χ2n) is 6.30.